The second-order valence-electron chi connectivity index (χ2n) is 9.02. The van der Waals surface area contributed by atoms with Gasteiger partial charge in [0.1, 0.15) is 12.2 Å². The molecule has 2 aliphatic carbocycles. The van der Waals surface area contributed by atoms with Gasteiger partial charge >= 0.3 is 0 Å². The number of hydrogen-bond donors (Lipinski definition) is 0. The van der Waals surface area contributed by atoms with Crippen LogP contribution in [0.5, 0.6) is 5.75 Å². The Hall–Kier alpha value is -2.21. The van der Waals surface area contributed by atoms with Crippen LogP contribution in [0.4, 0.5) is 0 Å². The van der Waals surface area contributed by atoms with Crippen LogP contribution in [0.3, 0.4) is 0 Å². The van der Waals surface area contributed by atoms with E-state index in [1.807, 2.05) is 12.3 Å². The zero-order chi connectivity index (χ0) is 19.9. The van der Waals surface area contributed by atoms with Crippen LogP contribution in [-0.4, -0.2) is 54.4 Å². The second-order valence-corrected chi connectivity index (χ2v) is 9.02. The fourth-order valence-electron chi connectivity index (χ4n) is 5.20. The lowest BCUT2D eigenvalue weighted by Crippen LogP contribution is -2.36. The van der Waals surface area contributed by atoms with Gasteiger partial charge in [0.05, 0.1) is 13.2 Å². The van der Waals surface area contributed by atoms with Crippen LogP contribution in [0.2, 0.25) is 0 Å². The van der Waals surface area contributed by atoms with Crippen LogP contribution in [0, 0.1) is 11.8 Å². The standard InChI is InChI=1S/C25H29N3O2/c1-3-18(23-14-19(23)4-1)6-8-28-16-21-13-20(15-27-9-11-29-12-10-27)22-5-2-7-26-24(22)25(21)30-17-28/h1-5,7,13,19,23H,6,8-12,14-17H2. The van der Waals surface area contributed by atoms with E-state index in [2.05, 4.69) is 40.2 Å². The van der Waals surface area contributed by atoms with Gasteiger partial charge in [0.15, 0.2) is 5.75 Å². The lowest BCUT2D eigenvalue weighted by atomic mass is 10.00. The van der Waals surface area contributed by atoms with Crippen molar-refractivity contribution in [1.82, 2.24) is 14.8 Å². The van der Waals surface area contributed by atoms with E-state index in [1.54, 1.807) is 5.57 Å². The normalized spacial score (nSPS) is 26.1. The van der Waals surface area contributed by atoms with E-state index < -0.39 is 0 Å². The Labute approximate surface area is 178 Å². The molecule has 3 heterocycles. The van der Waals surface area contributed by atoms with Crippen LogP contribution in [0.15, 0.2) is 48.2 Å². The molecule has 30 heavy (non-hydrogen) atoms. The summed E-state index contributed by atoms with van der Waals surface area (Å²) in [4.78, 5) is 9.62. The van der Waals surface area contributed by atoms with E-state index >= 15 is 0 Å². The number of nitrogens with zero attached hydrogens (tertiary/aromatic N) is 3. The summed E-state index contributed by atoms with van der Waals surface area (Å²) in [6, 6.07) is 6.58. The molecule has 2 aromatic rings. The van der Waals surface area contributed by atoms with Crippen LogP contribution >= 0.6 is 0 Å². The summed E-state index contributed by atoms with van der Waals surface area (Å²) >= 11 is 0. The molecule has 0 spiro atoms. The molecular formula is C25H29N3O2. The Bertz CT molecular complexity index is 1010. The third-order valence-electron chi connectivity index (χ3n) is 6.99. The molecule has 2 aliphatic heterocycles. The van der Waals surface area contributed by atoms with Gasteiger partial charge in [-0.1, -0.05) is 29.9 Å². The van der Waals surface area contributed by atoms with Crippen molar-refractivity contribution in [3.8, 4) is 5.75 Å². The van der Waals surface area contributed by atoms with E-state index in [1.165, 1.54) is 22.9 Å². The molecule has 0 amide bonds. The van der Waals surface area contributed by atoms with Gasteiger partial charge in [0.25, 0.3) is 0 Å². The number of aromatic nitrogens is 1. The molecule has 6 rings (SSSR count). The number of allylic oxidation sites excluding steroid dienone is 3. The largest absolute Gasteiger partial charge is 0.475 e. The first-order valence-electron chi connectivity index (χ1n) is 11.3. The SMILES string of the molecule is C1=CC2CC2C(CCN2COc3c(cc(CN4CCOCC4)c4cccnc34)C2)=C1. The highest BCUT2D eigenvalue weighted by Crippen LogP contribution is 2.48. The third kappa shape index (κ3) is 3.55. The van der Waals surface area contributed by atoms with Gasteiger partial charge in [0.2, 0.25) is 0 Å². The minimum Gasteiger partial charge on any atom is -0.475 e. The van der Waals surface area contributed by atoms with Gasteiger partial charge in [-0.05, 0) is 42.4 Å². The van der Waals surface area contributed by atoms with Crippen molar-refractivity contribution in [2.75, 3.05) is 39.6 Å². The number of rotatable bonds is 5. The highest BCUT2D eigenvalue weighted by atomic mass is 16.5. The summed E-state index contributed by atoms with van der Waals surface area (Å²) in [7, 11) is 0. The van der Waals surface area contributed by atoms with E-state index in [-0.39, 0.29) is 0 Å². The first-order valence-corrected chi connectivity index (χ1v) is 11.3. The first kappa shape index (κ1) is 18.6. The molecule has 1 aromatic carbocycles. The number of benzene rings is 1. The fourth-order valence-corrected chi connectivity index (χ4v) is 5.20. The molecule has 0 radical (unpaired) electrons. The van der Waals surface area contributed by atoms with Crippen molar-refractivity contribution >= 4 is 10.9 Å². The summed E-state index contributed by atoms with van der Waals surface area (Å²) in [5.74, 6) is 2.62. The predicted molar refractivity (Wildman–Crippen MR) is 117 cm³/mol. The van der Waals surface area contributed by atoms with E-state index in [9.17, 15) is 0 Å². The maximum Gasteiger partial charge on any atom is 0.152 e. The van der Waals surface area contributed by atoms with Gasteiger partial charge in [-0.3, -0.25) is 14.8 Å². The Morgan fingerprint density at radius 1 is 1.17 bits per heavy atom. The Kier molecular flexibility index (Phi) is 4.82. The second kappa shape index (κ2) is 7.80. The first-order chi connectivity index (χ1) is 14.8. The van der Waals surface area contributed by atoms with E-state index in [0.29, 0.717) is 6.73 Å². The summed E-state index contributed by atoms with van der Waals surface area (Å²) in [6.45, 7) is 7.23. The molecule has 156 valence electrons. The van der Waals surface area contributed by atoms with Gasteiger partial charge in [-0.15, -0.1) is 0 Å². The molecule has 2 fully saturated rings. The topological polar surface area (TPSA) is 37.8 Å². The number of pyridine rings is 1. The minimum absolute atomic E-state index is 0.651. The highest BCUT2D eigenvalue weighted by Gasteiger charge is 2.38. The van der Waals surface area contributed by atoms with Crippen molar-refractivity contribution in [2.45, 2.75) is 25.9 Å². The Morgan fingerprint density at radius 2 is 2.10 bits per heavy atom. The van der Waals surface area contributed by atoms with Crippen molar-refractivity contribution in [2.24, 2.45) is 11.8 Å². The summed E-state index contributed by atoms with van der Waals surface area (Å²) < 4.78 is 11.8. The Morgan fingerprint density at radius 3 is 3.03 bits per heavy atom. The molecule has 1 aromatic heterocycles. The zero-order valence-corrected chi connectivity index (χ0v) is 17.4. The van der Waals surface area contributed by atoms with E-state index in [4.69, 9.17) is 14.5 Å². The maximum atomic E-state index is 6.27. The lowest BCUT2D eigenvalue weighted by Gasteiger charge is -2.31. The molecule has 1 saturated carbocycles. The van der Waals surface area contributed by atoms with Gasteiger partial charge in [-0.2, -0.15) is 0 Å². The third-order valence-corrected chi connectivity index (χ3v) is 6.99. The monoisotopic (exact) mass is 403 g/mol. The van der Waals surface area contributed by atoms with Crippen LogP contribution < -0.4 is 4.74 Å². The summed E-state index contributed by atoms with van der Waals surface area (Å²) in [5.41, 5.74) is 5.27. The average molecular weight is 404 g/mol. The molecule has 5 nitrogen and oxygen atoms in total. The molecule has 1 saturated heterocycles. The van der Waals surface area contributed by atoms with E-state index in [0.717, 1.165) is 75.5 Å². The number of hydrogen-bond acceptors (Lipinski definition) is 5. The molecule has 4 aliphatic rings. The van der Waals surface area contributed by atoms with Crippen molar-refractivity contribution in [3.63, 3.8) is 0 Å². The molecular weight excluding hydrogens is 374 g/mol. The van der Waals surface area contributed by atoms with Crippen LogP contribution in [0.1, 0.15) is 24.0 Å². The maximum absolute atomic E-state index is 6.27. The molecule has 5 heteroatoms. The number of fused-ring (bicyclic) bond motifs is 4. The van der Waals surface area contributed by atoms with Crippen LogP contribution in [-0.2, 0) is 17.8 Å². The average Bonchev–Trinajstić information content (AvgIpc) is 3.59. The summed E-state index contributed by atoms with van der Waals surface area (Å²) in [6.07, 6.45) is 11.3. The Balaban J connectivity index is 1.23. The quantitative estimate of drug-likeness (QED) is 0.760. The van der Waals surface area contributed by atoms with Crippen molar-refractivity contribution in [3.05, 3.63) is 59.3 Å². The molecule has 2 unspecified atom stereocenters. The highest BCUT2D eigenvalue weighted by molar-refractivity contribution is 5.89. The van der Waals surface area contributed by atoms with Gasteiger partial charge in [-0.25, -0.2) is 0 Å². The van der Waals surface area contributed by atoms with Crippen LogP contribution in [0.25, 0.3) is 10.9 Å². The zero-order valence-electron chi connectivity index (χ0n) is 17.4. The molecule has 2 atom stereocenters. The smallest absolute Gasteiger partial charge is 0.152 e. The molecule has 0 bridgehead atoms. The fraction of sp³-hybridized carbons (Fsp3) is 0.480. The van der Waals surface area contributed by atoms with Gasteiger partial charge < -0.3 is 9.47 Å². The molecule has 0 N–H and O–H groups in total. The number of ether oxygens (including phenoxy) is 2. The predicted octanol–water partition coefficient (Wildman–Crippen LogP) is 3.74. The van der Waals surface area contributed by atoms with Crippen molar-refractivity contribution < 1.29 is 9.47 Å². The minimum atomic E-state index is 0.651. The summed E-state index contributed by atoms with van der Waals surface area (Å²) in [5, 5.41) is 1.22. The van der Waals surface area contributed by atoms with Gasteiger partial charge in [0, 0.05) is 49.9 Å². The van der Waals surface area contributed by atoms with Crippen molar-refractivity contribution in [1.29, 1.82) is 0 Å². The number of morpholine rings is 1. The lowest BCUT2D eigenvalue weighted by molar-refractivity contribution is 0.0343.